The molecule has 0 heterocycles. The molecule has 0 unspecified atom stereocenters. The SMILES string of the molecule is CC(C)Oc1ccccc1CNC(=O)CCCCCCN.Cl. The molecular weight excluding hydrogens is 300 g/mol. The van der Waals surface area contributed by atoms with Gasteiger partial charge in [-0.25, -0.2) is 0 Å². The van der Waals surface area contributed by atoms with Crippen molar-refractivity contribution in [2.75, 3.05) is 6.54 Å². The van der Waals surface area contributed by atoms with Gasteiger partial charge in [-0.2, -0.15) is 0 Å². The predicted octanol–water partition coefficient (Wildman–Crippen LogP) is 3.42. The number of nitrogens with one attached hydrogen (secondary N) is 1. The van der Waals surface area contributed by atoms with Crippen molar-refractivity contribution in [3.63, 3.8) is 0 Å². The highest BCUT2D eigenvalue weighted by molar-refractivity contribution is 5.85. The number of amides is 1. The molecule has 126 valence electrons. The van der Waals surface area contributed by atoms with E-state index < -0.39 is 0 Å². The first kappa shape index (κ1) is 20.7. The van der Waals surface area contributed by atoms with Crippen molar-refractivity contribution < 1.29 is 9.53 Å². The van der Waals surface area contributed by atoms with E-state index in [1.54, 1.807) is 0 Å². The molecule has 5 heteroatoms. The molecular formula is C17H29ClN2O2. The maximum absolute atomic E-state index is 11.8. The number of carbonyl (C=O) groups excluding carboxylic acids is 1. The third kappa shape index (κ3) is 8.90. The maximum Gasteiger partial charge on any atom is 0.220 e. The summed E-state index contributed by atoms with van der Waals surface area (Å²) in [7, 11) is 0. The molecule has 1 rings (SSSR count). The summed E-state index contributed by atoms with van der Waals surface area (Å²) in [4.78, 5) is 11.8. The van der Waals surface area contributed by atoms with E-state index >= 15 is 0 Å². The predicted molar refractivity (Wildman–Crippen MR) is 93.4 cm³/mol. The molecule has 0 aliphatic rings. The second-order valence-corrected chi connectivity index (χ2v) is 5.50. The standard InChI is InChI=1S/C17H28N2O2.ClH/c1-14(2)21-16-10-7-6-9-15(16)13-19-17(20)11-5-3-4-8-12-18;/h6-7,9-10,14H,3-5,8,11-13,18H2,1-2H3,(H,19,20);1H. The van der Waals surface area contributed by atoms with Crippen LogP contribution in [0.15, 0.2) is 24.3 Å². The van der Waals surface area contributed by atoms with Crippen LogP contribution in [0.1, 0.15) is 51.5 Å². The number of hydrogen-bond donors (Lipinski definition) is 2. The van der Waals surface area contributed by atoms with E-state index in [1.807, 2.05) is 38.1 Å². The van der Waals surface area contributed by atoms with Crippen LogP contribution in [0, 0.1) is 0 Å². The van der Waals surface area contributed by atoms with Crippen LogP contribution in [0.25, 0.3) is 0 Å². The van der Waals surface area contributed by atoms with Gasteiger partial charge in [0.15, 0.2) is 0 Å². The Labute approximate surface area is 140 Å². The fourth-order valence-electron chi connectivity index (χ4n) is 2.08. The van der Waals surface area contributed by atoms with Gasteiger partial charge in [0.1, 0.15) is 5.75 Å². The fraction of sp³-hybridized carbons (Fsp3) is 0.588. The Hall–Kier alpha value is -1.26. The number of benzene rings is 1. The molecule has 1 amide bonds. The molecule has 1 aromatic carbocycles. The molecule has 0 atom stereocenters. The highest BCUT2D eigenvalue weighted by atomic mass is 35.5. The van der Waals surface area contributed by atoms with Crippen LogP contribution >= 0.6 is 12.4 Å². The third-order valence-electron chi connectivity index (χ3n) is 3.17. The summed E-state index contributed by atoms with van der Waals surface area (Å²) >= 11 is 0. The lowest BCUT2D eigenvalue weighted by atomic mass is 10.1. The zero-order valence-corrected chi connectivity index (χ0v) is 14.5. The number of hydrogen-bond acceptors (Lipinski definition) is 3. The smallest absolute Gasteiger partial charge is 0.220 e. The first-order valence-electron chi connectivity index (χ1n) is 7.84. The van der Waals surface area contributed by atoms with Crippen LogP contribution in [0.3, 0.4) is 0 Å². The normalized spacial score (nSPS) is 10.2. The van der Waals surface area contributed by atoms with Crippen molar-refractivity contribution in [3.05, 3.63) is 29.8 Å². The second kappa shape index (κ2) is 12.3. The molecule has 0 fully saturated rings. The van der Waals surface area contributed by atoms with Crippen LogP contribution in [0.4, 0.5) is 0 Å². The van der Waals surface area contributed by atoms with E-state index in [-0.39, 0.29) is 24.4 Å². The van der Waals surface area contributed by atoms with Crippen LogP contribution in [0.5, 0.6) is 5.75 Å². The highest BCUT2D eigenvalue weighted by Crippen LogP contribution is 2.19. The Kier molecular flexibility index (Phi) is 11.6. The largest absolute Gasteiger partial charge is 0.491 e. The van der Waals surface area contributed by atoms with Crippen LogP contribution in [-0.4, -0.2) is 18.6 Å². The fourth-order valence-corrected chi connectivity index (χ4v) is 2.08. The minimum Gasteiger partial charge on any atom is -0.491 e. The van der Waals surface area contributed by atoms with Crippen LogP contribution < -0.4 is 15.8 Å². The lowest BCUT2D eigenvalue weighted by molar-refractivity contribution is -0.121. The first-order valence-corrected chi connectivity index (χ1v) is 7.84. The quantitative estimate of drug-likeness (QED) is 0.647. The van der Waals surface area contributed by atoms with Crippen molar-refractivity contribution >= 4 is 18.3 Å². The molecule has 0 radical (unpaired) electrons. The Morgan fingerprint density at radius 2 is 1.86 bits per heavy atom. The molecule has 22 heavy (non-hydrogen) atoms. The van der Waals surface area contributed by atoms with Crippen molar-refractivity contribution in [1.29, 1.82) is 0 Å². The Morgan fingerprint density at radius 3 is 2.55 bits per heavy atom. The molecule has 4 nitrogen and oxygen atoms in total. The summed E-state index contributed by atoms with van der Waals surface area (Å²) in [5.74, 6) is 0.942. The molecule has 0 bridgehead atoms. The molecule has 0 aliphatic heterocycles. The van der Waals surface area contributed by atoms with E-state index in [2.05, 4.69) is 5.32 Å². The Bertz CT molecular complexity index is 425. The molecule has 0 spiro atoms. The van der Waals surface area contributed by atoms with Gasteiger partial charge >= 0.3 is 0 Å². The monoisotopic (exact) mass is 328 g/mol. The van der Waals surface area contributed by atoms with Crippen molar-refractivity contribution in [1.82, 2.24) is 5.32 Å². The summed E-state index contributed by atoms with van der Waals surface area (Å²) < 4.78 is 5.74. The third-order valence-corrected chi connectivity index (χ3v) is 3.17. The second-order valence-electron chi connectivity index (χ2n) is 5.50. The van der Waals surface area contributed by atoms with Crippen LogP contribution in [-0.2, 0) is 11.3 Å². The van der Waals surface area contributed by atoms with Crippen LogP contribution in [0.2, 0.25) is 0 Å². The van der Waals surface area contributed by atoms with Gasteiger partial charge in [-0.1, -0.05) is 31.0 Å². The van der Waals surface area contributed by atoms with E-state index in [4.69, 9.17) is 10.5 Å². The Balaban J connectivity index is 0.00000441. The summed E-state index contributed by atoms with van der Waals surface area (Å²) in [5, 5.41) is 2.96. The van der Waals surface area contributed by atoms with Gasteiger partial charge in [0, 0.05) is 18.5 Å². The number of ether oxygens (including phenoxy) is 1. The lowest BCUT2D eigenvalue weighted by Crippen LogP contribution is -2.23. The van der Waals surface area contributed by atoms with Gasteiger partial charge in [-0.15, -0.1) is 12.4 Å². The number of unbranched alkanes of at least 4 members (excludes halogenated alkanes) is 3. The first-order chi connectivity index (χ1) is 10.1. The van der Waals surface area contributed by atoms with E-state index in [0.717, 1.165) is 43.5 Å². The number of para-hydroxylation sites is 1. The average molecular weight is 329 g/mol. The van der Waals surface area contributed by atoms with Gasteiger partial charge in [0.25, 0.3) is 0 Å². The maximum atomic E-state index is 11.8. The van der Waals surface area contributed by atoms with Gasteiger partial charge < -0.3 is 15.8 Å². The van der Waals surface area contributed by atoms with Crippen molar-refractivity contribution in [2.24, 2.45) is 5.73 Å². The van der Waals surface area contributed by atoms with E-state index in [0.29, 0.717) is 13.0 Å². The lowest BCUT2D eigenvalue weighted by Gasteiger charge is -2.14. The topological polar surface area (TPSA) is 64.3 Å². The summed E-state index contributed by atoms with van der Waals surface area (Å²) in [6.45, 7) is 5.25. The summed E-state index contributed by atoms with van der Waals surface area (Å²) in [5.41, 5.74) is 6.46. The molecule has 0 aromatic heterocycles. The van der Waals surface area contributed by atoms with Gasteiger partial charge in [0.2, 0.25) is 5.91 Å². The summed E-state index contributed by atoms with van der Waals surface area (Å²) in [6, 6.07) is 7.83. The molecule has 1 aromatic rings. The average Bonchev–Trinajstić information content (AvgIpc) is 2.45. The number of halogens is 1. The number of nitrogens with two attached hydrogens (primary N) is 1. The van der Waals surface area contributed by atoms with E-state index in [1.165, 1.54) is 0 Å². The van der Waals surface area contributed by atoms with Gasteiger partial charge in [0.05, 0.1) is 6.10 Å². The molecule has 3 N–H and O–H groups in total. The number of carbonyl (C=O) groups is 1. The zero-order chi connectivity index (χ0) is 15.5. The van der Waals surface area contributed by atoms with Gasteiger partial charge in [-0.3, -0.25) is 4.79 Å². The van der Waals surface area contributed by atoms with Crippen molar-refractivity contribution in [2.45, 2.75) is 58.6 Å². The van der Waals surface area contributed by atoms with Crippen molar-refractivity contribution in [3.8, 4) is 5.75 Å². The minimum atomic E-state index is 0. The number of rotatable bonds is 10. The minimum absolute atomic E-state index is 0. The molecule has 0 saturated carbocycles. The zero-order valence-electron chi connectivity index (χ0n) is 13.6. The molecule has 0 saturated heterocycles. The molecule has 0 aliphatic carbocycles. The highest BCUT2D eigenvalue weighted by Gasteiger charge is 2.07. The van der Waals surface area contributed by atoms with Gasteiger partial charge in [-0.05, 0) is 39.3 Å². The summed E-state index contributed by atoms with van der Waals surface area (Å²) in [6.07, 6.45) is 4.85. The Morgan fingerprint density at radius 1 is 1.18 bits per heavy atom. The van der Waals surface area contributed by atoms with E-state index in [9.17, 15) is 4.79 Å².